The molecule has 0 N–H and O–H groups in total. The fourth-order valence-electron chi connectivity index (χ4n) is 4.00. The van der Waals surface area contributed by atoms with Crippen LogP contribution in [0.5, 0.6) is 0 Å². The summed E-state index contributed by atoms with van der Waals surface area (Å²) in [6, 6.07) is 8.41. The highest BCUT2D eigenvalue weighted by Gasteiger charge is 2.42. The molecule has 2 bridgehead atoms. The van der Waals surface area contributed by atoms with Crippen LogP contribution in [0.3, 0.4) is 0 Å². The highest BCUT2D eigenvalue weighted by molar-refractivity contribution is 5.98. The second-order valence-electron chi connectivity index (χ2n) is 6.45. The monoisotopic (exact) mass is 256 g/mol. The van der Waals surface area contributed by atoms with Crippen LogP contribution >= 0.6 is 0 Å². The van der Waals surface area contributed by atoms with Crippen molar-refractivity contribution in [3.8, 4) is 0 Å². The Kier molecular flexibility index (Phi) is 3.72. The minimum absolute atomic E-state index is 0.334. The van der Waals surface area contributed by atoms with Gasteiger partial charge < -0.3 is 0 Å². The fraction of sp³-hybridized carbons (Fsp3) is 0.611. The maximum atomic E-state index is 12.6. The molecule has 2 aliphatic carbocycles. The minimum Gasteiger partial charge on any atom is -0.294 e. The number of ketones is 1. The zero-order valence-corrected chi connectivity index (χ0v) is 11.9. The number of hydrogen-bond acceptors (Lipinski definition) is 1. The SMILES string of the molecule is CCCCc1ccc(C(=O)C2CC3CCC2C3)cc1. The predicted octanol–water partition coefficient (Wildman–Crippen LogP) is 4.65. The zero-order valence-electron chi connectivity index (χ0n) is 11.9. The van der Waals surface area contributed by atoms with Crippen LogP contribution in [0.1, 0.15) is 61.4 Å². The van der Waals surface area contributed by atoms with Crippen LogP contribution in [-0.2, 0) is 6.42 Å². The van der Waals surface area contributed by atoms with Crippen molar-refractivity contribution in [1.82, 2.24) is 0 Å². The first kappa shape index (κ1) is 12.9. The van der Waals surface area contributed by atoms with Crippen molar-refractivity contribution in [2.24, 2.45) is 17.8 Å². The van der Waals surface area contributed by atoms with Gasteiger partial charge in [0.15, 0.2) is 5.78 Å². The smallest absolute Gasteiger partial charge is 0.166 e. The number of aryl methyl sites for hydroxylation is 1. The number of Topliss-reactive ketones (excluding diaryl/α,β-unsaturated/α-hetero) is 1. The van der Waals surface area contributed by atoms with E-state index in [-0.39, 0.29) is 0 Å². The lowest BCUT2D eigenvalue weighted by Crippen LogP contribution is -2.21. The van der Waals surface area contributed by atoms with Crippen LogP contribution in [0, 0.1) is 17.8 Å². The molecule has 2 saturated carbocycles. The van der Waals surface area contributed by atoms with Gasteiger partial charge in [-0.05, 0) is 49.5 Å². The van der Waals surface area contributed by atoms with E-state index in [9.17, 15) is 4.79 Å². The van der Waals surface area contributed by atoms with Gasteiger partial charge in [0, 0.05) is 11.5 Å². The van der Waals surface area contributed by atoms with Gasteiger partial charge in [0.2, 0.25) is 0 Å². The number of benzene rings is 1. The Labute approximate surface area is 116 Å². The van der Waals surface area contributed by atoms with Gasteiger partial charge in [-0.1, -0.05) is 44.0 Å². The van der Waals surface area contributed by atoms with Crippen LogP contribution in [0.2, 0.25) is 0 Å². The van der Waals surface area contributed by atoms with Gasteiger partial charge in [0.25, 0.3) is 0 Å². The summed E-state index contributed by atoms with van der Waals surface area (Å²) in [6.07, 6.45) is 8.72. The number of unbranched alkanes of at least 4 members (excludes halogenated alkanes) is 1. The largest absolute Gasteiger partial charge is 0.294 e. The van der Waals surface area contributed by atoms with E-state index in [2.05, 4.69) is 31.2 Å². The molecule has 0 aliphatic heterocycles. The molecule has 0 heterocycles. The first-order valence-corrected chi connectivity index (χ1v) is 7.91. The topological polar surface area (TPSA) is 17.1 Å². The normalized spacial score (nSPS) is 28.8. The maximum Gasteiger partial charge on any atom is 0.166 e. The Morgan fingerprint density at radius 1 is 1.16 bits per heavy atom. The van der Waals surface area contributed by atoms with E-state index in [1.54, 1.807) is 0 Å². The summed E-state index contributed by atoms with van der Waals surface area (Å²) in [6.45, 7) is 2.22. The lowest BCUT2D eigenvalue weighted by Gasteiger charge is -2.20. The van der Waals surface area contributed by atoms with E-state index < -0.39 is 0 Å². The molecule has 0 aromatic heterocycles. The molecular weight excluding hydrogens is 232 g/mol. The Morgan fingerprint density at radius 3 is 2.53 bits per heavy atom. The lowest BCUT2D eigenvalue weighted by atomic mass is 9.83. The molecule has 3 rings (SSSR count). The Morgan fingerprint density at radius 2 is 1.95 bits per heavy atom. The molecule has 0 amide bonds. The highest BCUT2D eigenvalue weighted by atomic mass is 16.1. The number of carbonyl (C=O) groups is 1. The second-order valence-corrected chi connectivity index (χ2v) is 6.45. The average molecular weight is 256 g/mol. The molecule has 0 spiro atoms. The van der Waals surface area contributed by atoms with Gasteiger partial charge in [-0.15, -0.1) is 0 Å². The van der Waals surface area contributed by atoms with Crippen LogP contribution < -0.4 is 0 Å². The third kappa shape index (κ3) is 2.61. The predicted molar refractivity (Wildman–Crippen MR) is 78.3 cm³/mol. The molecule has 2 aliphatic rings. The molecule has 19 heavy (non-hydrogen) atoms. The van der Waals surface area contributed by atoms with E-state index in [4.69, 9.17) is 0 Å². The number of fused-ring (bicyclic) bond motifs is 2. The Balaban J connectivity index is 1.67. The van der Waals surface area contributed by atoms with Gasteiger partial charge in [-0.25, -0.2) is 0 Å². The minimum atomic E-state index is 0.334. The molecule has 1 aromatic rings. The van der Waals surface area contributed by atoms with Crippen molar-refractivity contribution < 1.29 is 4.79 Å². The van der Waals surface area contributed by atoms with Gasteiger partial charge in [-0.3, -0.25) is 4.79 Å². The summed E-state index contributed by atoms with van der Waals surface area (Å²) in [7, 11) is 0. The summed E-state index contributed by atoms with van der Waals surface area (Å²) in [5.74, 6) is 2.29. The molecule has 1 heteroatoms. The van der Waals surface area contributed by atoms with Crippen molar-refractivity contribution >= 4 is 5.78 Å². The Bertz CT molecular complexity index is 445. The van der Waals surface area contributed by atoms with E-state index in [1.165, 1.54) is 37.7 Å². The van der Waals surface area contributed by atoms with Crippen molar-refractivity contribution in [3.05, 3.63) is 35.4 Å². The summed E-state index contributed by atoms with van der Waals surface area (Å²) in [4.78, 5) is 12.6. The first-order valence-electron chi connectivity index (χ1n) is 7.91. The summed E-state index contributed by atoms with van der Waals surface area (Å²) >= 11 is 0. The van der Waals surface area contributed by atoms with Gasteiger partial charge in [-0.2, -0.15) is 0 Å². The Hall–Kier alpha value is -1.11. The average Bonchev–Trinajstić information content (AvgIpc) is 3.07. The summed E-state index contributed by atoms with van der Waals surface area (Å²) < 4.78 is 0. The molecule has 3 atom stereocenters. The molecule has 0 saturated heterocycles. The molecule has 0 radical (unpaired) electrons. The van der Waals surface area contributed by atoms with E-state index in [0.29, 0.717) is 17.6 Å². The number of carbonyl (C=O) groups excluding carboxylic acids is 1. The van der Waals surface area contributed by atoms with Crippen LogP contribution in [-0.4, -0.2) is 5.78 Å². The van der Waals surface area contributed by atoms with E-state index in [0.717, 1.165) is 24.3 Å². The maximum absolute atomic E-state index is 12.6. The fourth-order valence-corrected chi connectivity index (χ4v) is 4.00. The lowest BCUT2D eigenvalue weighted by molar-refractivity contribution is 0.0874. The van der Waals surface area contributed by atoms with Crippen LogP contribution in [0.25, 0.3) is 0 Å². The molecule has 2 fully saturated rings. The third-order valence-electron chi connectivity index (χ3n) is 5.13. The molecule has 1 aromatic carbocycles. The van der Waals surface area contributed by atoms with Crippen molar-refractivity contribution in [3.63, 3.8) is 0 Å². The molecule has 102 valence electrons. The van der Waals surface area contributed by atoms with Crippen molar-refractivity contribution in [2.75, 3.05) is 0 Å². The summed E-state index contributed by atoms with van der Waals surface area (Å²) in [5, 5.41) is 0. The first-order chi connectivity index (χ1) is 9.28. The van der Waals surface area contributed by atoms with Crippen molar-refractivity contribution in [1.29, 1.82) is 0 Å². The van der Waals surface area contributed by atoms with Gasteiger partial charge in [0.1, 0.15) is 0 Å². The summed E-state index contributed by atoms with van der Waals surface area (Å²) in [5.41, 5.74) is 2.31. The van der Waals surface area contributed by atoms with Crippen LogP contribution in [0.15, 0.2) is 24.3 Å². The van der Waals surface area contributed by atoms with Crippen LogP contribution in [0.4, 0.5) is 0 Å². The van der Waals surface area contributed by atoms with Crippen molar-refractivity contribution in [2.45, 2.75) is 51.9 Å². The third-order valence-corrected chi connectivity index (χ3v) is 5.13. The molecule has 1 nitrogen and oxygen atoms in total. The zero-order chi connectivity index (χ0) is 13.2. The molecule has 3 unspecified atom stereocenters. The molecular formula is C18H24O. The standard InChI is InChI=1S/C18H24O/c1-2-3-4-13-5-8-15(9-6-13)18(19)17-12-14-7-10-16(17)11-14/h5-6,8-9,14,16-17H,2-4,7,10-12H2,1H3. The van der Waals surface area contributed by atoms with E-state index in [1.807, 2.05) is 0 Å². The number of hydrogen-bond donors (Lipinski definition) is 0. The quantitative estimate of drug-likeness (QED) is 0.701. The number of rotatable bonds is 5. The second kappa shape index (κ2) is 5.48. The van der Waals surface area contributed by atoms with Gasteiger partial charge >= 0.3 is 0 Å². The highest BCUT2D eigenvalue weighted by Crippen LogP contribution is 2.49. The van der Waals surface area contributed by atoms with E-state index >= 15 is 0 Å². The van der Waals surface area contributed by atoms with Gasteiger partial charge in [0.05, 0.1) is 0 Å².